The molecule has 9 nitrogen and oxygen atoms in total. The average Bonchev–Trinajstić information content (AvgIpc) is 3.29. The fourth-order valence-electron chi connectivity index (χ4n) is 9.16. The van der Waals surface area contributed by atoms with Crippen molar-refractivity contribution in [3.8, 4) is 0 Å². The van der Waals surface area contributed by atoms with Gasteiger partial charge in [0.15, 0.2) is 6.29 Å². The van der Waals surface area contributed by atoms with E-state index in [4.69, 9.17) is 9.47 Å². The molecule has 0 bridgehead atoms. The van der Waals surface area contributed by atoms with E-state index in [1.165, 1.54) is 212 Å². The topological polar surface area (TPSA) is 149 Å². The van der Waals surface area contributed by atoms with E-state index in [0.29, 0.717) is 12.8 Å². The molecule has 0 aromatic rings. The lowest BCUT2D eigenvalue weighted by Crippen LogP contribution is -2.60. The minimum absolute atomic E-state index is 0.133. The molecule has 6 N–H and O–H groups in total. The molecule has 64 heavy (non-hydrogen) atoms. The Morgan fingerprint density at radius 2 is 0.875 bits per heavy atom. The smallest absolute Gasteiger partial charge is 0.220 e. The number of ether oxygens (including phenoxy) is 2. The normalized spacial score (nSPS) is 20.0. The van der Waals surface area contributed by atoms with E-state index in [-0.39, 0.29) is 12.5 Å². The van der Waals surface area contributed by atoms with Gasteiger partial charge in [-0.15, -0.1) is 0 Å². The summed E-state index contributed by atoms with van der Waals surface area (Å²) in [6.45, 7) is 3.84. The molecule has 7 unspecified atom stereocenters. The molecule has 1 fully saturated rings. The highest BCUT2D eigenvalue weighted by molar-refractivity contribution is 5.76. The van der Waals surface area contributed by atoms with Crippen molar-refractivity contribution >= 4 is 5.91 Å². The molecule has 1 aliphatic heterocycles. The van der Waals surface area contributed by atoms with Gasteiger partial charge in [-0.2, -0.15) is 0 Å². The number of aliphatic hydroxyl groups is 5. The molecular weight excluding hydrogens is 803 g/mol. The van der Waals surface area contributed by atoms with Crippen LogP contribution in [0.15, 0.2) is 12.2 Å². The van der Waals surface area contributed by atoms with Crippen molar-refractivity contribution in [3.05, 3.63) is 12.2 Å². The van der Waals surface area contributed by atoms with Crippen LogP contribution >= 0.6 is 0 Å². The van der Waals surface area contributed by atoms with Gasteiger partial charge < -0.3 is 40.3 Å². The lowest BCUT2D eigenvalue weighted by Gasteiger charge is -2.40. The number of amides is 1. The van der Waals surface area contributed by atoms with Crippen LogP contribution < -0.4 is 5.32 Å². The first kappa shape index (κ1) is 60.9. The fraction of sp³-hybridized carbons (Fsp3) is 0.945. The third-order valence-electron chi connectivity index (χ3n) is 13.6. The third-order valence-corrected chi connectivity index (χ3v) is 13.6. The summed E-state index contributed by atoms with van der Waals surface area (Å²) in [6.07, 6.45) is 48.4. The van der Waals surface area contributed by atoms with E-state index in [2.05, 4.69) is 31.3 Å². The molecule has 1 saturated heterocycles. The van der Waals surface area contributed by atoms with Gasteiger partial charge in [-0.25, -0.2) is 0 Å². The van der Waals surface area contributed by atoms with Gasteiger partial charge in [0.05, 0.1) is 25.4 Å². The molecule has 0 aromatic carbocycles. The molecule has 0 spiro atoms. The van der Waals surface area contributed by atoms with E-state index in [9.17, 15) is 30.3 Å². The number of unbranched alkanes of at least 4 members (excludes halogenated alkanes) is 36. The van der Waals surface area contributed by atoms with Crippen LogP contribution in [0.2, 0.25) is 0 Å². The maximum atomic E-state index is 13.0. The van der Waals surface area contributed by atoms with E-state index >= 15 is 0 Å². The molecule has 0 aliphatic carbocycles. The maximum absolute atomic E-state index is 13.0. The van der Waals surface area contributed by atoms with Crippen molar-refractivity contribution in [2.24, 2.45) is 0 Å². The highest BCUT2D eigenvalue weighted by atomic mass is 16.7. The van der Waals surface area contributed by atoms with Crippen LogP contribution in [-0.4, -0.2) is 87.5 Å². The molecule has 0 saturated carbocycles. The second kappa shape index (κ2) is 45.7. The first-order valence-electron chi connectivity index (χ1n) is 27.9. The van der Waals surface area contributed by atoms with Gasteiger partial charge in [0.25, 0.3) is 0 Å². The van der Waals surface area contributed by atoms with E-state index in [0.717, 1.165) is 38.5 Å². The standard InChI is InChI=1S/C55H107NO8/c1-3-5-7-9-11-13-15-16-17-18-19-20-21-22-23-24-25-26-27-28-29-30-31-32-33-34-35-37-39-41-43-45-51(59)56-48(47-63-55-54(62)53(61)52(60)50(46-57)64-55)49(58)44-42-40-38-36-14-12-10-8-6-4-2/h18-19,48-50,52-55,57-58,60-62H,3-17,20-47H2,1-2H3,(H,56,59)/b19-18-. The zero-order chi connectivity index (χ0) is 46.6. The van der Waals surface area contributed by atoms with Crippen molar-refractivity contribution in [2.45, 2.75) is 320 Å². The molecule has 7 atom stereocenters. The van der Waals surface area contributed by atoms with Crippen LogP contribution in [0.5, 0.6) is 0 Å². The van der Waals surface area contributed by atoms with Crippen LogP contribution in [-0.2, 0) is 14.3 Å². The van der Waals surface area contributed by atoms with Gasteiger partial charge in [0, 0.05) is 6.42 Å². The molecule has 380 valence electrons. The minimum atomic E-state index is -1.55. The first-order valence-corrected chi connectivity index (χ1v) is 27.9. The predicted molar refractivity (Wildman–Crippen MR) is 267 cm³/mol. The molecule has 0 aromatic heterocycles. The Bertz CT molecular complexity index is 1010. The number of rotatable bonds is 48. The van der Waals surface area contributed by atoms with Gasteiger partial charge in [-0.3, -0.25) is 4.79 Å². The Hall–Kier alpha value is -1.07. The predicted octanol–water partition coefficient (Wildman–Crippen LogP) is 13.2. The van der Waals surface area contributed by atoms with Crippen LogP contribution in [0.25, 0.3) is 0 Å². The quantitative estimate of drug-likeness (QED) is 0.0261. The Balaban J connectivity index is 2.07. The highest BCUT2D eigenvalue weighted by Crippen LogP contribution is 2.23. The Kier molecular flexibility index (Phi) is 43.5. The van der Waals surface area contributed by atoms with Gasteiger partial charge in [0.1, 0.15) is 24.4 Å². The van der Waals surface area contributed by atoms with E-state index < -0.39 is 49.5 Å². The van der Waals surface area contributed by atoms with E-state index in [1.807, 2.05) is 0 Å². The Morgan fingerprint density at radius 3 is 1.27 bits per heavy atom. The van der Waals surface area contributed by atoms with Gasteiger partial charge in [0.2, 0.25) is 5.91 Å². The molecule has 1 aliphatic rings. The number of nitrogens with one attached hydrogen (secondary N) is 1. The summed E-state index contributed by atoms with van der Waals surface area (Å²) in [4.78, 5) is 13.0. The van der Waals surface area contributed by atoms with Gasteiger partial charge in [-0.1, -0.05) is 244 Å². The lowest BCUT2D eigenvalue weighted by atomic mass is 9.99. The Morgan fingerprint density at radius 1 is 0.516 bits per heavy atom. The number of hydrogen-bond acceptors (Lipinski definition) is 8. The molecule has 1 rings (SSSR count). The van der Waals surface area contributed by atoms with Gasteiger partial charge in [-0.05, 0) is 38.5 Å². The highest BCUT2D eigenvalue weighted by Gasteiger charge is 2.44. The molecule has 1 amide bonds. The van der Waals surface area contributed by atoms with Crippen LogP contribution in [0.1, 0.15) is 277 Å². The zero-order valence-corrected chi connectivity index (χ0v) is 42.1. The van der Waals surface area contributed by atoms with Crippen molar-refractivity contribution in [1.29, 1.82) is 0 Å². The third kappa shape index (κ3) is 35.1. The number of carbonyl (C=O) groups is 1. The largest absolute Gasteiger partial charge is 0.394 e. The lowest BCUT2D eigenvalue weighted by molar-refractivity contribution is -0.302. The number of carbonyl (C=O) groups excluding carboxylic acids is 1. The van der Waals surface area contributed by atoms with Crippen molar-refractivity contribution in [1.82, 2.24) is 5.32 Å². The average molecular weight is 910 g/mol. The summed E-state index contributed by atoms with van der Waals surface area (Å²) in [5.74, 6) is -0.141. The second-order valence-corrected chi connectivity index (χ2v) is 19.7. The van der Waals surface area contributed by atoms with E-state index in [1.54, 1.807) is 0 Å². The summed E-state index contributed by atoms with van der Waals surface area (Å²) in [5.41, 5.74) is 0. The summed E-state index contributed by atoms with van der Waals surface area (Å²) >= 11 is 0. The van der Waals surface area contributed by atoms with Crippen molar-refractivity contribution < 1.29 is 39.8 Å². The fourth-order valence-corrected chi connectivity index (χ4v) is 9.16. The van der Waals surface area contributed by atoms with Crippen molar-refractivity contribution in [3.63, 3.8) is 0 Å². The zero-order valence-electron chi connectivity index (χ0n) is 42.1. The maximum Gasteiger partial charge on any atom is 0.220 e. The SMILES string of the molecule is CCCCCCCCCC/C=C\CCCCCCCCCCCCCCCCCCCCCC(=O)NC(COC1OC(CO)C(O)C(O)C1O)C(O)CCCCCCCCCCCC. The number of hydrogen-bond donors (Lipinski definition) is 6. The first-order chi connectivity index (χ1) is 31.3. The molecular formula is C55H107NO8. The van der Waals surface area contributed by atoms with Crippen molar-refractivity contribution in [2.75, 3.05) is 13.2 Å². The molecule has 1 heterocycles. The summed E-state index contributed by atoms with van der Waals surface area (Å²) in [5, 5.41) is 54.4. The molecule has 9 heteroatoms. The van der Waals surface area contributed by atoms with Crippen LogP contribution in [0.3, 0.4) is 0 Å². The van der Waals surface area contributed by atoms with Crippen LogP contribution in [0.4, 0.5) is 0 Å². The summed E-state index contributed by atoms with van der Waals surface area (Å²) < 4.78 is 11.3. The second-order valence-electron chi connectivity index (χ2n) is 19.7. The monoisotopic (exact) mass is 910 g/mol. The number of allylic oxidation sites excluding steroid dienone is 2. The number of aliphatic hydroxyl groups excluding tert-OH is 5. The summed E-state index contributed by atoms with van der Waals surface area (Å²) in [7, 11) is 0. The van der Waals surface area contributed by atoms with Gasteiger partial charge >= 0.3 is 0 Å². The summed E-state index contributed by atoms with van der Waals surface area (Å²) in [6, 6.07) is -0.713. The molecule has 0 radical (unpaired) electrons. The minimum Gasteiger partial charge on any atom is -0.394 e. The Labute approximate surface area is 395 Å². The van der Waals surface area contributed by atoms with Crippen LogP contribution in [0, 0.1) is 0 Å².